The minimum absolute atomic E-state index is 0.00412. The van der Waals surface area contributed by atoms with E-state index in [1.807, 2.05) is 0 Å². The summed E-state index contributed by atoms with van der Waals surface area (Å²) in [5.74, 6) is -0.487. The molecule has 8 heteroatoms. The molecule has 1 rings (SSSR count). The first-order valence-electron chi connectivity index (χ1n) is 7.70. The summed E-state index contributed by atoms with van der Waals surface area (Å²) in [6.45, 7) is 3.64. The first-order chi connectivity index (χ1) is 11.5. The van der Waals surface area contributed by atoms with E-state index in [1.165, 1.54) is 14.2 Å². The summed E-state index contributed by atoms with van der Waals surface area (Å²) < 4.78 is 39.5. The molecule has 0 bridgehead atoms. The molecule has 0 fully saturated rings. The number of carbonyl (C=O) groups excluding carboxylic acids is 1. The minimum atomic E-state index is -3.73. The maximum absolute atomic E-state index is 13.0. The molecule has 0 spiro atoms. The second kappa shape index (κ2) is 9.91. The topological polar surface area (TPSA) is 80.3 Å². The highest BCUT2D eigenvalue weighted by atomic mass is 31.2. The van der Waals surface area contributed by atoms with Crippen molar-refractivity contribution in [2.24, 2.45) is 0 Å². The molecular weight excluding hydrogens is 335 g/mol. The van der Waals surface area contributed by atoms with Crippen LogP contribution < -0.4 is 0 Å². The molecule has 1 aromatic rings. The predicted octanol–water partition coefficient (Wildman–Crippen LogP) is 3.45. The molecule has 0 saturated heterocycles. The second-order valence-electron chi connectivity index (χ2n) is 4.71. The van der Waals surface area contributed by atoms with Gasteiger partial charge in [0.25, 0.3) is 5.53 Å². The molecular formula is C16H25O7P. The summed E-state index contributed by atoms with van der Waals surface area (Å²) in [7, 11) is -1.05. The van der Waals surface area contributed by atoms with Gasteiger partial charge in [-0.1, -0.05) is 18.2 Å². The zero-order valence-corrected chi connectivity index (χ0v) is 15.4. The van der Waals surface area contributed by atoms with Crippen molar-refractivity contribution in [2.45, 2.75) is 25.8 Å². The van der Waals surface area contributed by atoms with Gasteiger partial charge in [-0.3, -0.25) is 4.57 Å². The Morgan fingerprint density at radius 2 is 1.58 bits per heavy atom. The molecule has 0 N–H and O–H groups in total. The summed E-state index contributed by atoms with van der Waals surface area (Å²) in [6.07, 6.45) is -0.00412. The van der Waals surface area contributed by atoms with Crippen LogP contribution in [0.4, 0.5) is 0 Å². The van der Waals surface area contributed by atoms with E-state index in [-0.39, 0.29) is 26.2 Å². The normalized spacial score (nSPS) is 12.2. The van der Waals surface area contributed by atoms with Gasteiger partial charge in [0.2, 0.25) is 0 Å². The Hall–Kier alpha value is -1.24. The third kappa shape index (κ3) is 4.88. The largest absolute Gasteiger partial charge is 0.462 e. The van der Waals surface area contributed by atoms with Crippen molar-refractivity contribution in [1.29, 1.82) is 0 Å². The average molecular weight is 360 g/mol. The molecule has 0 aliphatic carbocycles. The molecule has 0 radical (unpaired) electrons. The molecule has 136 valence electrons. The van der Waals surface area contributed by atoms with E-state index in [9.17, 15) is 9.36 Å². The second-order valence-corrected chi connectivity index (χ2v) is 6.90. The van der Waals surface area contributed by atoms with Gasteiger partial charge in [-0.25, -0.2) is 4.79 Å². The standard InChI is InChI=1S/C16H25O7P/c1-5-22-24(18,23-6-2)16(19-3,20-4)12-13-21-15(17)14-10-8-7-9-11-14/h7-11H,5-6,12-13H2,1-4H3. The van der Waals surface area contributed by atoms with Crippen LogP contribution in [0.15, 0.2) is 30.3 Å². The van der Waals surface area contributed by atoms with Crippen LogP contribution in [-0.4, -0.2) is 45.5 Å². The van der Waals surface area contributed by atoms with E-state index < -0.39 is 19.1 Å². The van der Waals surface area contributed by atoms with Gasteiger partial charge in [-0.2, -0.15) is 0 Å². The van der Waals surface area contributed by atoms with Crippen molar-refractivity contribution < 1.29 is 32.6 Å². The molecule has 0 aromatic heterocycles. The fourth-order valence-corrected chi connectivity index (χ4v) is 4.11. The lowest BCUT2D eigenvalue weighted by molar-refractivity contribution is -0.168. The van der Waals surface area contributed by atoms with Crippen LogP contribution in [0.1, 0.15) is 30.6 Å². The van der Waals surface area contributed by atoms with E-state index in [0.717, 1.165) is 0 Å². The number of ether oxygens (including phenoxy) is 3. The van der Waals surface area contributed by atoms with E-state index in [1.54, 1.807) is 44.2 Å². The Bertz CT molecular complexity index is 533. The lowest BCUT2D eigenvalue weighted by Gasteiger charge is -2.35. The first-order valence-corrected chi connectivity index (χ1v) is 9.24. The number of hydrogen-bond donors (Lipinski definition) is 0. The maximum Gasteiger partial charge on any atom is 0.389 e. The Morgan fingerprint density at radius 3 is 2.04 bits per heavy atom. The van der Waals surface area contributed by atoms with E-state index in [0.29, 0.717) is 5.56 Å². The first kappa shape index (κ1) is 20.8. The number of methoxy groups -OCH3 is 2. The Labute approximate surface area is 142 Å². The van der Waals surface area contributed by atoms with Crippen LogP contribution in [0.3, 0.4) is 0 Å². The van der Waals surface area contributed by atoms with Gasteiger partial charge in [0.1, 0.15) is 0 Å². The van der Waals surface area contributed by atoms with Gasteiger partial charge >= 0.3 is 13.6 Å². The van der Waals surface area contributed by atoms with E-state index in [4.69, 9.17) is 23.3 Å². The lowest BCUT2D eigenvalue weighted by atomic mass is 10.2. The number of rotatable bonds is 11. The van der Waals surface area contributed by atoms with Crippen molar-refractivity contribution in [2.75, 3.05) is 34.0 Å². The SMILES string of the molecule is CCOP(=O)(OCC)C(CCOC(=O)c1ccccc1)(OC)OC. The van der Waals surface area contributed by atoms with Crippen molar-refractivity contribution in [3.63, 3.8) is 0 Å². The van der Waals surface area contributed by atoms with Crippen LogP contribution in [-0.2, 0) is 27.8 Å². The molecule has 0 heterocycles. The van der Waals surface area contributed by atoms with Crippen molar-refractivity contribution in [3.8, 4) is 0 Å². The Morgan fingerprint density at radius 1 is 1.04 bits per heavy atom. The molecule has 0 aliphatic heterocycles. The fraction of sp³-hybridized carbons (Fsp3) is 0.562. The highest BCUT2D eigenvalue weighted by molar-refractivity contribution is 7.55. The van der Waals surface area contributed by atoms with Gasteiger partial charge in [-0.05, 0) is 26.0 Å². The summed E-state index contributed by atoms with van der Waals surface area (Å²) in [4.78, 5) is 12.0. The zero-order valence-electron chi connectivity index (χ0n) is 14.5. The van der Waals surface area contributed by atoms with Crippen molar-refractivity contribution in [1.82, 2.24) is 0 Å². The fourth-order valence-electron chi connectivity index (χ4n) is 2.15. The van der Waals surface area contributed by atoms with Crippen LogP contribution in [0, 0.1) is 0 Å². The molecule has 0 unspecified atom stereocenters. The average Bonchev–Trinajstić information content (AvgIpc) is 2.60. The Kier molecular flexibility index (Phi) is 8.59. The predicted molar refractivity (Wildman–Crippen MR) is 88.9 cm³/mol. The minimum Gasteiger partial charge on any atom is -0.462 e. The monoisotopic (exact) mass is 360 g/mol. The quantitative estimate of drug-likeness (QED) is 0.340. The number of benzene rings is 1. The third-order valence-corrected chi connectivity index (χ3v) is 5.93. The molecule has 0 saturated carbocycles. The number of carbonyl (C=O) groups is 1. The van der Waals surface area contributed by atoms with Gasteiger partial charge < -0.3 is 23.3 Å². The zero-order chi connectivity index (χ0) is 18.1. The van der Waals surface area contributed by atoms with Crippen LogP contribution in [0.2, 0.25) is 0 Å². The number of esters is 1. The third-order valence-electron chi connectivity index (χ3n) is 3.31. The van der Waals surface area contributed by atoms with Crippen molar-refractivity contribution >= 4 is 13.6 Å². The van der Waals surface area contributed by atoms with Crippen LogP contribution in [0.5, 0.6) is 0 Å². The lowest BCUT2D eigenvalue weighted by Crippen LogP contribution is -2.37. The van der Waals surface area contributed by atoms with Gasteiger partial charge in [0.05, 0.1) is 25.4 Å². The molecule has 1 aromatic carbocycles. The van der Waals surface area contributed by atoms with Gasteiger partial charge in [0, 0.05) is 20.6 Å². The summed E-state index contributed by atoms with van der Waals surface area (Å²) in [5, 5.41) is 0. The molecule has 0 atom stereocenters. The van der Waals surface area contributed by atoms with Crippen LogP contribution >= 0.6 is 7.60 Å². The van der Waals surface area contributed by atoms with Crippen molar-refractivity contribution in [3.05, 3.63) is 35.9 Å². The molecule has 0 amide bonds. The van der Waals surface area contributed by atoms with E-state index in [2.05, 4.69) is 0 Å². The van der Waals surface area contributed by atoms with Gasteiger partial charge in [-0.15, -0.1) is 0 Å². The maximum atomic E-state index is 13.0. The summed E-state index contributed by atoms with van der Waals surface area (Å²) >= 11 is 0. The Balaban J connectivity index is 2.81. The molecule has 24 heavy (non-hydrogen) atoms. The summed E-state index contributed by atoms with van der Waals surface area (Å²) in [5.41, 5.74) is -1.22. The van der Waals surface area contributed by atoms with Gasteiger partial charge in [0.15, 0.2) is 0 Å². The highest BCUT2D eigenvalue weighted by Crippen LogP contribution is 2.62. The summed E-state index contributed by atoms with van der Waals surface area (Å²) in [6, 6.07) is 8.58. The van der Waals surface area contributed by atoms with Crippen LogP contribution in [0.25, 0.3) is 0 Å². The smallest absolute Gasteiger partial charge is 0.389 e. The van der Waals surface area contributed by atoms with E-state index >= 15 is 0 Å². The highest BCUT2D eigenvalue weighted by Gasteiger charge is 2.52. The molecule has 7 nitrogen and oxygen atoms in total. The molecule has 0 aliphatic rings. The number of hydrogen-bond acceptors (Lipinski definition) is 7.